The average molecular weight is 482 g/mol. The van der Waals surface area contributed by atoms with Crippen molar-refractivity contribution in [2.24, 2.45) is 0 Å². The van der Waals surface area contributed by atoms with Gasteiger partial charge in [-0.3, -0.25) is 0 Å². The molecule has 0 aromatic heterocycles. The number of hydrogen-bond donors (Lipinski definition) is 0. The van der Waals surface area contributed by atoms with Gasteiger partial charge in [-0.05, 0) is 6.07 Å². The molecule has 29 heavy (non-hydrogen) atoms. The van der Waals surface area contributed by atoms with E-state index in [0.717, 1.165) is 0 Å². The largest absolute Gasteiger partial charge is 0.460 e. The topological polar surface area (TPSA) is 0 Å². The van der Waals surface area contributed by atoms with Crippen molar-refractivity contribution in [1.29, 1.82) is 0 Å². The van der Waals surface area contributed by atoms with Gasteiger partial charge in [-0.1, -0.05) is 0 Å². The van der Waals surface area contributed by atoms with Gasteiger partial charge in [0.2, 0.25) is 0 Å². The van der Waals surface area contributed by atoms with E-state index in [-0.39, 0.29) is 0 Å². The summed E-state index contributed by atoms with van der Waals surface area (Å²) in [4.78, 5) is 0. The number of alkyl halides is 13. The Morgan fingerprint density at radius 3 is 1.48 bits per heavy atom. The monoisotopic (exact) mass is 482 g/mol. The fourth-order valence-corrected chi connectivity index (χ4v) is 3.54. The van der Waals surface area contributed by atoms with Gasteiger partial charge in [0.05, 0.1) is 0 Å². The fourth-order valence-electron chi connectivity index (χ4n) is 1.86. The highest BCUT2D eigenvalue weighted by Crippen LogP contribution is 2.65. The van der Waals surface area contributed by atoms with Gasteiger partial charge in [-0.2, -0.15) is 52.7 Å². The lowest BCUT2D eigenvalue weighted by molar-refractivity contribution is -0.382. The van der Waals surface area contributed by atoms with Crippen LogP contribution in [0.1, 0.15) is 5.56 Å². The molecular weight excluding hydrogens is 479 g/mol. The van der Waals surface area contributed by atoms with Crippen LogP contribution in [0, 0.1) is 17.5 Å². The molecule has 0 saturated carbocycles. The van der Waals surface area contributed by atoms with Crippen LogP contribution in [0.15, 0.2) is 6.07 Å². The molecule has 1 unspecified atom stereocenters. The second-order valence-corrected chi connectivity index (χ2v) is 7.25. The van der Waals surface area contributed by atoms with Crippen molar-refractivity contribution in [3.05, 3.63) is 29.1 Å². The molecule has 0 aliphatic rings. The average Bonchev–Trinajstić information content (AvgIpc) is 2.50. The lowest BCUT2D eigenvalue weighted by Crippen LogP contribution is -2.60. The molecule has 0 N–H and O–H groups in total. The Kier molecular flexibility index (Phi) is 6.47. The van der Waals surface area contributed by atoms with Crippen molar-refractivity contribution < 1.29 is 70.2 Å². The fraction of sp³-hybridized carbons (Fsp3) is 0.500. The van der Waals surface area contributed by atoms with Crippen LogP contribution in [0.5, 0.6) is 0 Å². The molecule has 0 heterocycles. The maximum atomic E-state index is 13.8. The lowest BCUT2D eigenvalue weighted by atomic mass is 10.1. The Bertz CT molecular complexity index is 761. The first-order valence-electron chi connectivity index (χ1n) is 6.44. The van der Waals surface area contributed by atoms with Crippen molar-refractivity contribution in [2.75, 3.05) is 6.42 Å². The minimum atomic E-state index is -7.55. The summed E-state index contributed by atoms with van der Waals surface area (Å²) in [7, 11) is -5.32. The summed E-state index contributed by atoms with van der Waals surface area (Å²) in [6, 6.07) is -0.957. The third-order valence-corrected chi connectivity index (χ3v) is 5.40. The van der Waals surface area contributed by atoms with Crippen LogP contribution < -0.4 is 5.30 Å². The van der Waals surface area contributed by atoms with Crippen LogP contribution in [-0.2, 0) is 6.18 Å². The first-order chi connectivity index (χ1) is 12.7. The van der Waals surface area contributed by atoms with Crippen LogP contribution >= 0.6 is 7.92 Å². The van der Waals surface area contributed by atoms with E-state index in [4.69, 9.17) is 0 Å². The molecule has 0 aliphatic carbocycles. The SMILES string of the molecule is FCP(c1cc(F)c(F)c(C(F)(F)F)c1F)C(F)(F)C(F)(F)C(F)(F)C(F)(F)F. The summed E-state index contributed by atoms with van der Waals surface area (Å²) in [6.07, 6.45) is -16.6. The minimum Gasteiger partial charge on any atom is -0.246 e. The minimum absolute atomic E-state index is 0.957. The lowest BCUT2D eigenvalue weighted by Gasteiger charge is -2.37. The van der Waals surface area contributed by atoms with Gasteiger partial charge in [-0.15, -0.1) is 0 Å². The zero-order valence-corrected chi connectivity index (χ0v) is 13.7. The Hall–Kier alpha value is -1.47. The molecule has 1 rings (SSSR count). The Morgan fingerprint density at radius 1 is 0.690 bits per heavy atom. The highest BCUT2D eigenvalue weighted by Gasteiger charge is 2.83. The smallest absolute Gasteiger partial charge is 0.246 e. The van der Waals surface area contributed by atoms with Crippen LogP contribution in [0.4, 0.5) is 70.2 Å². The molecule has 0 aliphatic heterocycles. The van der Waals surface area contributed by atoms with E-state index in [9.17, 15) is 70.2 Å². The van der Waals surface area contributed by atoms with Gasteiger partial charge in [0.1, 0.15) is 17.8 Å². The number of rotatable bonds is 5. The first-order valence-corrected chi connectivity index (χ1v) is 7.97. The van der Waals surface area contributed by atoms with E-state index in [1.165, 1.54) is 0 Å². The van der Waals surface area contributed by atoms with Gasteiger partial charge < -0.3 is 0 Å². The molecule has 1 aromatic rings. The molecule has 168 valence electrons. The van der Waals surface area contributed by atoms with Crippen molar-refractivity contribution in [3.63, 3.8) is 0 Å². The van der Waals surface area contributed by atoms with Gasteiger partial charge >= 0.3 is 29.9 Å². The third-order valence-electron chi connectivity index (χ3n) is 3.30. The molecule has 0 spiro atoms. The number of hydrogen-bond acceptors (Lipinski definition) is 0. The maximum Gasteiger partial charge on any atom is 0.460 e. The van der Waals surface area contributed by atoms with Gasteiger partial charge in [0, 0.05) is 13.2 Å². The molecule has 1 aromatic carbocycles. The Morgan fingerprint density at radius 2 is 1.14 bits per heavy atom. The summed E-state index contributed by atoms with van der Waals surface area (Å²) in [5.74, 6) is -24.2. The highest BCUT2D eigenvalue weighted by molar-refractivity contribution is 7.66. The molecule has 17 heteroatoms. The van der Waals surface area contributed by atoms with Crippen LogP contribution in [0.2, 0.25) is 0 Å². The predicted octanol–water partition coefficient (Wildman–Crippen LogP) is 6.58. The summed E-state index contributed by atoms with van der Waals surface area (Å²) in [6.45, 7) is 0. The summed E-state index contributed by atoms with van der Waals surface area (Å²) < 4.78 is 207. The van der Waals surface area contributed by atoms with E-state index in [1.54, 1.807) is 0 Å². The molecule has 0 saturated heterocycles. The van der Waals surface area contributed by atoms with Gasteiger partial charge in [-0.25, -0.2) is 17.6 Å². The summed E-state index contributed by atoms with van der Waals surface area (Å²) in [5, 5.41) is -2.67. The number of benzene rings is 1. The van der Waals surface area contributed by atoms with Gasteiger partial charge in [0.25, 0.3) is 0 Å². The molecule has 1 atom stereocenters. The van der Waals surface area contributed by atoms with Crippen molar-refractivity contribution in [3.8, 4) is 0 Å². The van der Waals surface area contributed by atoms with E-state index in [0.29, 0.717) is 0 Å². The van der Waals surface area contributed by atoms with Crippen LogP contribution in [0.25, 0.3) is 0 Å². The zero-order chi connectivity index (χ0) is 23.4. The molecule has 0 fully saturated rings. The molecule has 0 nitrogen and oxygen atoms in total. The van der Waals surface area contributed by atoms with Crippen molar-refractivity contribution in [1.82, 2.24) is 0 Å². The van der Waals surface area contributed by atoms with E-state index < -0.39 is 78.6 Å². The Labute approximate surface area is 150 Å². The molecule has 0 radical (unpaired) electrons. The Balaban J connectivity index is 3.80. The van der Waals surface area contributed by atoms with E-state index >= 15 is 0 Å². The van der Waals surface area contributed by atoms with E-state index in [1.807, 2.05) is 0 Å². The first kappa shape index (κ1) is 25.6. The zero-order valence-electron chi connectivity index (χ0n) is 12.8. The second-order valence-electron chi connectivity index (χ2n) is 5.11. The maximum absolute atomic E-state index is 13.8. The quantitative estimate of drug-likeness (QED) is 0.253. The normalized spacial score (nSPS) is 15.6. The number of halogens is 16. The van der Waals surface area contributed by atoms with Gasteiger partial charge in [0.15, 0.2) is 11.6 Å². The summed E-state index contributed by atoms with van der Waals surface area (Å²) in [5.41, 5.74) is -10.2. The van der Waals surface area contributed by atoms with Crippen LogP contribution in [0.3, 0.4) is 0 Å². The second kappa shape index (κ2) is 7.34. The standard InChI is InChI=1S/C12H3F16P/c13-2-29(12(27,28)10(22,23)9(20,21)11(24,25)26)4-1-3(14)6(15)5(7(4)16)8(17,18)19/h1H,2H2. The van der Waals surface area contributed by atoms with Crippen molar-refractivity contribution in [2.45, 2.75) is 29.9 Å². The third kappa shape index (κ3) is 3.96. The van der Waals surface area contributed by atoms with Crippen LogP contribution in [-0.4, -0.2) is 30.1 Å². The van der Waals surface area contributed by atoms with Crippen molar-refractivity contribution >= 4 is 13.2 Å². The molecular formula is C12H3F16P. The summed E-state index contributed by atoms with van der Waals surface area (Å²) >= 11 is 0. The van der Waals surface area contributed by atoms with E-state index in [2.05, 4.69) is 0 Å². The molecule has 0 amide bonds. The molecule has 0 bridgehead atoms. The predicted molar refractivity (Wildman–Crippen MR) is 64.7 cm³/mol. The highest BCUT2D eigenvalue weighted by atomic mass is 31.1.